The molecule has 0 saturated carbocycles. The van der Waals surface area contributed by atoms with E-state index in [1.807, 2.05) is 19.0 Å². The predicted octanol–water partition coefficient (Wildman–Crippen LogP) is 3.18. The standard InChI is InChI=1S/C15H23NO/c1-11(17)14(16(5)6)12-7-9-13(10-8-12)15(2,3)4/h7-10,14H,1-6H3. The van der Waals surface area contributed by atoms with Crippen LogP contribution in [0.1, 0.15) is 44.9 Å². The molecule has 0 spiro atoms. The van der Waals surface area contributed by atoms with Gasteiger partial charge in [-0.2, -0.15) is 0 Å². The fourth-order valence-electron chi connectivity index (χ4n) is 2.06. The van der Waals surface area contributed by atoms with Crippen molar-refractivity contribution in [2.75, 3.05) is 14.1 Å². The Morgan fingerprint density at radius 3 is 1.88 bits per heavy atom. The maximum atomic E-state index is 11.6. The largest absolute Gasteiger partial charge is 0.298 e. The Labute approximate surface area is 105 Å². The molecule has 94 valence electrons. The Hall–Kier alpha value is -1.15. The number of ketones is 1. The molecule has 0 aromatic heterocycles. The van der Waals surface area contributed by atoms with Gasteiger partial charge in [0.05, 0.1) is 6.04 Å². The maximum Gasteiger partial charge on any atom is 0.151 e. The summed E-state index contributed by atoms with van der Waals surface area (Å²) in [5, 5.41) is 0. The van der Waals surface area contributed by atoms with Crippen LogP contribution >= 0.6 is 0 Å². The summed E-state index contributed by atoms with van der Waals surface area (Å²) in [4.78, 5) is 13.6. The quantitative estimate of drug-likeness (QED) is 0.799. The molecule has 1 atom stereocenters. The summed E-state index contributed by atoms with van der Waals surface area (Å²) in [7, 11) is 3.87. The van der Waals surface area contributed by atoms with Gasteiger partial charge in [-0.05, 0) is 37.6 Å². The lowest BCUT2D eigenvalue weighted by Crippen LogP contribution is -2.26. The van der Waals surface area contributed by atoms with Gasteiger partial charge in [0.25, 0.3) is 0 Å². The first-order valence-electron chi connectivity index (χ1n) is 6.01. The van der Waals surface area contributed by atoms with Gasteiger partial charge in [0.2, 0.25) is 0 Å². The molecule has 1 unspecified atom stereocenters. The number of likely N-dealkylation sites (N-methyl/N-ethyl adjacent to an activating group) is 1. The molecule has 0 aliphatic rings. The van der Waals surface area contributed by atoms with E-state index in [-0.39, 0.29) is 17.2 Å². The molecule has 0 amide bonds. The summed E-state index contributed by atoms with van der Waals surface area (Å²) >= 11 is 0. The first-order valence-corrected chi connectivity index (χ1v) is 6.01. The number of rotatable bonds is 3. The van der Waals surface area contributed by atoms with Crippen molar-refractivity contribution in [2.24, 2.45) is 0 Å². The van der Waals surface area contributed by atoms with Gasteiger partial charge in [0.1, 0.15) is 0 Å². The second-order valence-corrected chi connectivity index (χ2v) is 5.85. The van der Waals surface area contributed by atoms with Crippen molar-refractivity contribution < 1.29 is 4.79 Å². The van der Waals surface area contributed by atoms with E-state index >= 15 is 0 Å². The fourth-order valence-corrected chi connectivity index (χ4v) is 2.06. The summed E-state index contributed by atoms with van der Waals surface area (Å²) in [5.74, 6) is 0.179. The number of hydrogen-bond donors (Lipinski definition) is 0. The van der Waals surface area contributed by atoms with Crippen LogP contribution in [-0.4, -0.2) is 24.8 Å². The highest BCUT2D eigenvalue weighted by molar-refractivity contribution is 5.82. The van der Waals surface area contributed by atoms with E-state index in [0.717, 1.165) is 5.56 Å². The van der Waals surface area contributed by atoms with Crippen molar-refractivity contribution in [3.05, 3.63) is 35.4 Å². The molecule has 17 heavy (non-hydrogen) atoms. The molecule has 0 heterocycles. The fraction of sp³-hybridized carbons (Fsp3) is 0.533. The number of benzene rings is 1. The average Bonchev–Trinajstić information content (AvgIpc) is 2.15. The Bertz CT molecular complexity index is 384. The van der Waals surface area contributed by atoms with E-state index < -0.39 is 0 Å². The SMILES string of the molecule is CC(=O)C(c1ccc(C(C)(C)C)cc1)N(C)C. The number of carbonyl (C=O) groups excluding carboxylic acids is 1. The molecule has 0 aliphatic carbocycles. The lowest BCUT2D eigenvalue weighted by atomic mass is 9.86. The van der Waals surface area contributed by atoms with Gasteiger partial charge in [-0.3, -0.25) is 9.69 Å². The second kappa shape index (κ2) is 5.01. The van der Waals surface area contributed by atoms with Crippen molar-refractivity contribution in [2.45, 2.75) is 39.2 Å². The third-order valence-corrected chi connectivity index (χ3v) is 2.99. The van der Waals surface area contributed by atoms with Crippen LogP contribution in [0.5, 0.6) is 0 Å². The Balaban J connectivity index is 3.05. The lowest BCUT2D eigenvalue weighted by molar-refractivity contribution is -0.121. The molecule has 0 bridgehead atoms. The number of carbonyl (C=O) groups is 1. The van der Waals surface area contributed by atoms with E-state index in [9.17, 15) is 4.79 Å². The smallest absolute Gasteiger partial charge is 0.151 e. The molecular weight excluding hydrogens is 210 g/mol. The molecule has 0 radical (unpaired) electrons. The minimum absolute atomic E-state index is 0.135. The lowest BCUT2D eigenvalue weighted by Gasteiger charge is -2.24. The Morgan fingerprint density at radius 2 is 1.59 bits per heavy atom. The number of Topliss-reactive ketones (excluding diaryl/α,β-unsaturated/α-hetero) is 1. The molecule has 0 N–H and O–H groups in total. The highest BCUT2D eigenvalue weighted by Gasteiger charge is 2.20. The van der Waals surface area contributed by atoms with Crippen molar-refractivity contribution >= 4 is 5.78 Å². The van der Waals surface area contributed by atoms with Gasteiger partial charge in [-0.1, -0.05) is 45.0 Å². The zero-order valence-electron chi connectivity index (χ0n) is 11.7. The van der Waals surface area contributed by atoms with Crippen molar-refractivity contribution in [3.63, 3.8) is 0 Å². The van der Waals surface area contributed by atoms with E-state index in [2.05, 4.69) is 45.0 Å². The molecular formula is C15H23NO. The number of hydrogen-bond acceptors (Lipinski definition) is 2. The Kier molecular flexibility index (Phi) is 4.10. The first-order chi connectivity index (χ1) is 7.73. The van der Waals surface area contributed by atoms with Gasteiger partial charge in [-0.15, -0.1) is 0 Å². The summed E-state index contributed by atoms with van der Waals surface area (Å²) in [6.45, 7) is 8.21. The van der Waals surface area contributed by atoms with Gasteiger partial charge >= 0.3 is 0 Å². The molecule has 1 aromatic rings. The van der Waals surface area contributed by atoms with E-state index in [0.29, 0.717) is 0 Å². The Morgan fingerprint density at radius 1 is 1.12 bits per heavy atom. The summed E-state index contributed by atoms with van der Waals surface area (Å²) < 4.78 is 0. The molecule has 2 nitrogen and oxygen atoms in total. The monoisotopic (exact) mass is 233 g/mol. The first kappa shape index (κ1) is 13.9. The van der Waals surface area contributed by atoms with Gasteiger partial charge in [0.15, 0.2) is 5.78 Å². The molecule has 0 aliphatic heterocycles. The topological polar surface area (TPSA) is 20.3 Å². The highest BCUT2D eigenvalue weighted by atomic mass is 16.1. The molecule has 1 aromatic carbocycles. The van der Waals surface area contributed by atoms with Crippen molar-refractivity contribution in [3.8, 4) is 0 Å². The van der Waals surface area contributed by atoms with Crippen LogP contribution in [0, 0.1) is 0 Å². The predicted molar refractivity (Wildman–Crippen MR) is 72.3 cm³/mol. The molecule has 2 heteroatoms. The minimum Gasteiger partial charge on any atom is -0.298 e. The van der Waals surface area contributed by atoms with Crippen LogP contribution in [0.25, 0.3) is 0 Å². The zero-order valence-corrected chi connectivity index (χ0v) is 11.7. The minimum atomic E-state index is -0.135. The summed E-state index contributed by atoms with van der Waals surface area (Å²) in [5.41, 5.74) is 2.51. The molecule has 1 rings (SSSR count). The van der Waals surface area contributed by atoms with Gasteiger partial charge in [-0.25, -0.2) is 0 Å². The van der Waals surface area contributed by atoms with Gasteiger partial charge < -0.3 is 0 Å². The summed E-state index contributed by atoms with van der Waals surface area (Å²) in [6.07, 6.45) is 0. The van der Waals surface area contributed by atoms with E-state index in [1.54, 1.807) is 6.92 Å². The third-order valence-electron chi connectivity index (χ3n) is 2.99. The van der Waals surface area contributed by atoms with Crippen molar-refractivity contribution in [1.29, 1.82) is 0 Å². The van der Waals surface area contributed by atoms with E-state index in [1.165, 1.54) is 5.56 Å². The molecule has 0 fully saturated rings. The average molecular weight is 233 g/mol. The van der Waals surface area contributed by atoms with Crippen molar-refractivity contribution in [1.82, 2.24) is 4.90 Å². The van der Waals surface area contributed by atoms with Crippen LogP contribution < -0.4 is 0 Å². The van der Waals surface area contributed by atoms with E-state index in [4.69, 9.17) is 0 Å². The third kappa shape index (κ3) is 3.40. The van der Waals surface area contributed by atoms with Crippen LogP contribution in [0.15, 0.2) is 24.3 Å². The van der Waals surface area contributed by atoms with Crippen LogP contribution in [0.3, 0.4) is 0 Å². The van der Waals surface area contributed by atoms with Crippen LogP contribution in [0.2, 0.25) is 0 Å². The second-order valence-electron chi connectivity index (χ2n) is 5.85. The normalized spacial score (nSPS) is 13.8. The van der Waals surface area contributed by atoms with Gasteiger partial charge in [0, 0.05) is 0 Å². The summed E-state index contributed by atoms with van der Waals surface area (Å²) in [6, 6.07) is 8.23. The number of nitrogens with zero attached hydrogens (tertiary/aromatic N) is 1. The zero-order chi connectivity index (χ0) is 13.2. The highest BCUT2D eigenvalue weighted by Crippen LogP contribution is 2.25. The van der Waals surface area contributed by atoms with Crippen LogP contribution in [0.4, 0.5) is 0 Å². The van der Waals surface area contributed by atoms with Crippen LogP contribution in [-0.2, 0) is 10.2 Å². The molecule has 0 saturated heterocycles. The maximum absolute atomic E-state index is 11.6.